The summed E-state index contributed by atoms with van der Waals surface area (Å²) in [6.45, 7) is 0. The number of nitro groups is 1. The number of carbonyl (C=O) groups is 2. The summed E-state index contributed by atoms with van der Waals surface area (Å²) in [6.07, 6.45) is 1.47. The SMILES string of the molecule is O=C1OC(c2ccc([N+](=O)[O-])cc2Cl)=N/C1=C\c1cccc(OC(=O)c2ccccc2)c1. The van der Waals surface area contributed by atoms with E-state index in [1.807, 2.05) is 0 Å². The van der Waals surface area contributed by atoms with E-state index in [2.05, 4.69) is 4.99 Å². The molecule has 32 heavy (non-hydrogen) atoms. The van der Waals surface area contributed by atoms with Crippen molar-refractivity contribution >= 4 is 41.2 Å². The Labute approximate surface area is 186 Å². The molecule has 4 rings (SSSR count). The average Bonchev–Trinajstić information content (AvgIpc) is 3.14. The van der Waals surface area contributed by atoms with Gasteiger partial charge in [0.15, 0.2) is 5.70 Å². The zero-order valence-electron chi connectivity index (χ0n) is 16.2. The van der Waals surface area contributed by atoms with Crippen LogP contribution in [0.2, 0.25) is 5.02 Å². The monoisotopic (exact) mass is 448 g/mol. The molecule has 158 valence electrons. The van der Waals surface area contributed by atoms with Gasteiger partial charge in [0.05, 0.1) is 21.1 Å². The third-order valence-corrected chi connectivity index (χ3v) is 4.71. The van der Waals surface area contributed by atoms with Crippen molar-refractivity contribution < 1.29 is 24.0 Å². The Hall–Kier alpha value is -4.30. The second kappa shape index (κ2) is 8.83. The molecule has 3 aromatic carbocycles. The number of aliphatic imine (C=N–C) groups is 1. The van der Waals surface area contributed by atoms with E-state index in [0.717, 1.165) is 6.07 Å². The van der Waals surface area contributed by atoms with Crippen molar-refractivity contribution in [2.24, 2.45) is 4.99 Å². The summed E-state index contributed by atoms with van der Waals surface area (Å²) in [6, 6.07) is 18.8. The standard InChI is InChI=1S/C23H13ClN2O6/c24-19-13-16(26(29)30)9-10-18(19)21-25-20(23(28)32-21)12-14-5-4-8-17(11-14)31-22(27)15-6-2-1-3-7-15/h1-13H/b20-12-. The van der Waals surface area contributed by atoms with Gasteiger partial charge in [0.1, 0.15) is 5.75 Å². The van der Waals surface area contributed by atoms with Crippen molar-refractivity contribution in [3.05, 3.63) is 110 Å². The van der Waals surface area contributed by atoms with Gasteiger partial charge in [-0.2, -0.15) is 0 Å². The summed E-state index contributed by atoms with van der Waals surface area (Å²) in [4.78, 5) is 38.9. The van der Waals surface area contributed by atoms with Crippen LogP contribution < -0.4 is 4.74 Å². The largest absolute Gasteiger partial charge is 0.423 e. The number of nitrogens with zero attached hydrogens (tertiary/aromatic N) is 2. The van der Waals surface area contributed by atoms with Gasteiger partial charge in [-0.1, -0.05) is 41.9 Å². The topological polar surface area (TPSA) is 108 Å². The fourth-order valence-electron chi connectivity index (χ4n) is 2.88. The molecule has 1 heterocycles. The molecule has 0 unspecified atom stereocenters. The van der Waals surface area contributed by atoms with E-state index in [1.54, 1.807) is 54.6 Å². The van der Waals surface area contributed by atoms with Crippen molar-refractivity contribution in [1.29, 1.82) is 0 Å². The minimum absolute atomic E-state index is 0.000885. The summed E-state index contributed by atoms with van der Waals surface area (Å²) < 4.78 is 10.5. The number of halogens is 1. The van der Waals surface area contributed by atoms with E-state index < -0.39 is 16.9 Å². The molecule has 1 aliphatic rings. The highest BCUT2D eigenvalue weighted by Crippen LogP contribution is 2.27. The smallest absolute Gasteiger partial charge is 0.363 e. The molecular weight excluding hydrogens is 436 g/mol. The fourth-order valence-corrected chi connectivity index (χ4v) is 3.14. The highest BCUT2D eigenvalue weighted by atomic mass is 35.5. The van der Waals surface area contributed by atoms with Crippen LogP contribution in [0.15, 0.2) is 83.5 Å². The van der Waals surface area contributed by atoms with Crippen LogP contribution in [0.1, 0.15) is 21.5 Å². The van der Waals surface area contributed by atoms with E-state index in [-0.39, 0.29) is 27.9 Å². The van der Waals surface area contributed by atoms with E-state index >= 15 is 0 Å². The molecule has 0 aliphatic carbocycles. The van der Waals surface area contributed by atoms with Crippen molar-refractivity contribution in [3.63, 3.8) is 0 Å². The van der Waals surface area contributed by atoms with Crippen molar-refractivity contribution in [3.8, 4) is 5.75 Å². The number of rotatable bonds is 5. The zero-order chi connectivity index (χ0) is 22.7. The van der Waals surface area contributed by atoms with Gasteiger partial charge < -0.3 is 9.47 Å². The fraction of sp³-hybridized carbons (Fsp3) is 0. The second-order valence-corrected chi connectivity index (χ2v) is 6.99. The first-order valence-electron chi connectivity index (χ1n) is 9.25. The van der Waals surface area contributed by atoms with Crippen LogP contribution in [0.3, 0.4) is 0 Å². The number of hydrogen-bond acceptors (Lipinski definition) is 7. The Morgan fingerprint density at radius 3 is 2.56 bits per heavy atom. The lowest BCUT2D eigenvalue weighted by molar-refractivity contribution is -0.384. The number of hydrogen-bond donors (Lipinski definition) is 0. The van der Waals surface area contributed by atoms with Crippen LogP contribution in [0, 0.1) is 10.1 Å². The Morgan fingerprint density at radius 2 is 1.84 bits per heavy atom. The molecule has 0 fully saturated rings. The molecule has 0 amide bonds. The second-order valence-electron chi connectivity index (χ2n) is 6.59. The molecule has 0 radical (unpaired) electrons. The molecule has 0 spiro atoms. The number of nitro benzene ring substituents is 1. The van der Waals surface area contributed by atoms with Crippen LogP contribution in [-0.2, 0) is 9.53 Å². The lowest BCUT2D eigenvalue weighted by Crippen LogP contribution is -2.08. The predicted molar refractivity (Wildman–Crippen MR) is 117 cm³/mol. The maximum Gasteiger partial charge on any atom is 0.363 e. The lowest BCUT2D eigenvalue weighted by Gasteiger charge is -2.05. The average molecular weight is 449 g/mol. The molecule has 0 saturated carbocycles. The summed E-state index contributed by atoms with van der Waals surface area (Å²) >= 11 is 6.08. The highest BCUT2D eigenvalue weighted by Gasteiger charge is 2.26. The molecule has 0 bridgehead atoms. The normalized spacial score (nSPS) is 14.1. The summed E-state index contributed by atoms with van der Waals surface area (Å²) in [5.41, 5.74) is 1.02. The number of ether oxygens (including phenoxy) is 2. The Morgan fingerprint density at radius 1 is 1.06 bits per heavy atom. The Bertz CT molecular complexity index is 1300. The maximum absolute atomic E-state index is 12.3. The quantitative estimate of drug-likeness (QED) is 0.182. The third-order valence-electron chi connectivity index (χ3n) is 4.40. The van der Waals surface area contributed by atoms with Gasteiger partial charge in [-0.25, -0.2) is 14.6 Å². The molecule has 1 aliphatic heterocycles. The van der Waals surface area contributed by atoms with Crippen LogP contribution in [-0.4, -0.2) is 22.8 Å². The van der Waals surface area contributed by atoms with Crippen LogP contribution in [0.4, 0.5) is 5.69 Å². The molecular formula is C23H13ClN2O6. The van der Waals surface area contributed by atoms with Crippen molar-refractivity contribution in [2.75, 3.05) is 0 Å². The summed E-state index contributed by atoms with van der Waals surface area (Å²) in [7, 11) is 0. The first kappa shape index (κ1) is 21.0. The summed E-state index contributed by atoms with van der Waals surface area (Å²) in [5.74, 6) is -0.986. The van der Waals surface area contributed by atoms with Gasteiger partial charge in [-0.15, -0.1) is 0 Å². The predicted octanol–water partition coefficient (Wildman–Crippen LogP) is 4.81. The zero-order valence-corrected chi connectivity index (χ0v) is 17.0. The van der Waals surface area contributed by atoms with Gasteiger partial charge in [-0.05, 0) is 42.0 Å². The van der Waals surface area contributed by atoms with Gasteiger partial charge in [0, 0.05) is 12.1 Å². The van der Waals surface area contributed by atoms with E-state index in [4.69, 9.17) is 21.1 Å². The summed E-state index contributed by atoms with van der Waals surface area (Å²) in [5, 5.41) is 10.9. The molecule has 3 aromatic rings. The molecule has 0 aromatic heterocycles. The van der Waals surface area contributed by atoms with Gasteiger partial charge in [-0.3, -0.25) is 10.1 Å². The minimum atomic E-state index is -0.707. The van der Waals surface area contributed by atoms with Gasteiger partial charge in [0.25, 0.3) is 5.69 Å². The van der Waals surface area contributed by atoms with E-state index in [0.29, 0.717) is 16.9 Å². The Balaban J connectivity index is 1.57. The van der Waals surface area contributed by atoms with Crippen LogP contribution in [0.25, 0.3) is 6.08 Å². The Kier molecular flexibility index (Phi) is 5.78. The third kappa shape index (κ3) is 4.55. The minimum Gasteiger partial charge on any atom is -0.423 e. The first-order valence-corrected chi connectivity index (χ1v) is 9.63. The van der Waals surface area contributed by atoms with Crippen molar-refractivity contribution in [2.45, 2.75) is 0 Å². The maximum atomic E-state index is 12.3. The number of carbonyl (C=O) groups excluding carboxylic acids is 2. The number of benzene rings is 3. The number of non-ortho nitro benzene ring substituents is 1. The molecule has 9 heteroatoms. The van der Waals surface area contributed by atoms with Gasteiger partial charge in [0.2, 0.25) is 5.90 Å². The molecule has 0 atom stereocenters. The van der Waals surface area contributed by atoms with E-state index in [9.17, 15) is 19.7 Å². The number of esters is 2. The van der Waals surface area contributed by atoms with Gasteiger partial charge >= 0.3 is 11.9 Å². The number of cyclic esters (lactones) is 1. The molecule has 0 N–H and O–H groups in total. The first-order chi connectivity index (χ1) is 15.4. The highest BCUT2D eigenvalue weighted by molar-refractivity contribution is 6.34. The van der Waals surface area contributed by atoms with Crippen LogP contribution in [0.5, 0.6) is 5.75 Å². The lowest BCUT2D eigenvalue weighted by atomic mass is 10.2. The van der Waals surface area contributed by atoms with E-state index in [1.165, 1.54) is 18.2 Å². The molecule has 8 nitrogen and oxygen atoms in total. The van der Waals surface area contributed by atoms with Crippen molar-refractivity contribution in [1.82, 2.24) is 0 Å². The van der Waals surface area contributed by atoms with Crippen LogP contribution >= 0.6 is 11.6 Å². The molecule has 0 saturated heterocycles.